The first-order valence-corrected chi connectivity index (χ1v) is 7.22. The van der Waals surface area contributed by atoms with Crippen molar-refractivity contribution in [1.82, 2.24) is 5.32 Å². The highest BCUT2D eigenvalue weighted by Crippen LogP contribution is 2.33. The number of benzene rings is 2. The second kappa shape index (κ2) is 6.95. The van der Waals surface area contributed by atoms with E-state index in [2.05, 4.69) is 36.5 Å². The first-order chi connectivity index (χ1) is 9.22. The fraction of sp³-hybridized carbons (Fsp3) is 0.250. The third-order valence-electron chi connectivity index (χ3n) is 2.97. The Hall–Kier alpha value is -1.02. The number of hydrogen-bond donors (Lipinski definition) is 1. The van der Waals surface area contributed by atoms with Gasteiger partial charge in [0.05, 0.1) is 10.0 Å². The third-order valence-corrected chi connectivity index (χ3v) is 3.79. The Kier molecular flexibility index (Phi) is 5.26. The Morgan fingerprint density at radius 3 is 2.42 bits per heavy atom. The lowest BCUT2D eigenvalue weighted by Gasteiger charge is -2.08. The number of rotatable bonds is 5. The molecule has 0 spiro atoms. The van der Waals surface area contributed by atoms with E-state index in [-0.39, 0.29) is 0 Å². The summed E-state index contributed by atoms with van der Waals surface area (Å²) in [6.07, 6.45) is 1.15. The maximum absolute atomic E-state index is 6.23. The van der Waals surface area contributed by atoms with Gasteiger partial charge in [0.1, 0.15) is 0 Å². The topological polar surface area (TPSA) is 12.0 Å². The van der Waals surface area contributed by atoms with Gasteiger partial charge in [0.25, 0.3) is 0 Å². The highest BCUT2D eigenvalue weighted by Gasteiger charge is 2.06. The molecular formula is C16H17Cl2N. The molecule has 0 amide bonds. The molecule has 0 fully saturated rings. The summed E-state index contributed by atoms with van der Waals surface area (Å²) < 4.78 is 0. The van der Waals surface area contributed by atoms with Crippen LogP contribution in [-0.2, 0) is 6.54 Å². The summed E-state index contributed by atoms with van der Waals surface area (Å²) in [6, 6.07) is 14.1. The molecule has 3 heteroatoms. The van der Waals surface area contributed by atoms with Gasteiger partial charge >= 0.3 is 0 Å². The van der Waals surface area contributed by atoms with E-state index >= 15 is 0 Å². The monoisotopic (exact) mass is 293 g/mol. The summed E-state index contributed by atoms with van der Waals surface area (Å²) in [6.45, 7) is 4.11. The van der Waals surface area contributed by atoms with E-state index in [1.807, 2.05) is 12.1 Å². The van der Waals surface area contributed by atoms with E-state index in [0.29, 0.717) is 10.0 Å². The van der Waals surface area contributed by atoms with Gasteiger partial charge in [-0.05, 0) is 30.2 Å². The van der Waals surface area contributed by atoms with Crippen LogP contribution in [0.25, 0.3) is 11.1 Å². The standard InChI is InChI=1S/C16H17Cl2N/c1-2-10-19-11-12-6-8-13(9-7-12)14-4-3-5-15(17)16(14)18/h3-9,19H,2,10-11H2,1H3. The maximum atomic E-state index is 6.23. The van der Waals surface area contributed by atoms with Gasteiger partial charge in [-0.25, -0.2) is 0 Å². The SMILES string of the molecule is CCCNCc1ccc(-c2cccc(Cl)c2Cl)cc1. The van der Waals surface area contributed by atoms with Crippen LogP contribution in [0.4, 0.5) is 0 Å². The quantitative estimate of drug-likeness (QED) is 0.751. The van der Waals surface area contributed by atoms with Crippen molar-refractivity contribution in [3.05, 3.63) is 58.1 Å². The molecule has 0 saturated heterocycles. The van der Waals surface area contributed by atoms with Gasteiger partial charge in [-0.1, -0.05) is 66.5 Å². The van der Waals surface area contributed by atoms with Gasteiger partial charge in [0.2, 0.25) is 0 Å². The van der Waals surface area contributed by atoms with Crippen LogP contribution in [-0.4, -0.2) is 6.54 Å². The molecule has 0 radical (unpaired) electrons. The van der Waals surface area contributed by atoms with Crippen LogP contribution in [0, 0.1) is 0 Å². The second-order valence-corrected chi connectivity index (χ2v) is 5.26. The van der Waals surface area contributed by atoms with Gasteiger partial charge in [-0.15, -0.1) is 0 Å². The van der Waals surface area contributed by atoms with Crippen molar-refractivity contribution in [2.24, 2.45) is 0 Å². The van der Waals surface area contributed by atoms with Crippen LogP contribution in [0.5, 0.6) is 0 Å². The zero-order valence-corrected chi connectivity index (χ0v) is 12.4. The van der Waals surface area contributed by atoms with Gasteiger partial charge in [0.15, 0.2) is 0 Å². The number of nitrogens with one attached hydrogen (secondary N) is 1. The Labute approximate surface area is 124 Å². The van der Waals surface area contributed by atoms with Gasteiger partial charge < -0.3 is 5.32 Å². The molecule has 0 aliphatic heterocycles. The molecule has 0 heterocycles. The molecule has 2 aromatic carbocycles. The lowest BCUT2D eigenvalue weighted by atomic mass is 10.0. The Balaban J connectivity index is 2.16. The van der Waals surface area contributed by atoms with E-state index in [0.717, 1.165) is 30.6 Å². The molecule has 0 aliphatic rings. The van der Waals surface area contributed by atoms with Crippen LogP contribution >= 0.6 is 23.2 Å². The molecule has 2 aromatic rings. The Bertz CT molecular complexity index is 535. The van der Waals surface area contributed by atoms with Gasteiger partial charge in [-0.3, -0.25) is 0 Å². The third kappa shape index (κ3) is 3.73. The number of halogens is 2. The number of hydrogen-bond acceptors (Lipinski definition) is 1. The van der Waals surface area contributed by atoms with Crippen molar-refractivity contribution in [3.8, 4) is 11.1 Å². The summed E-state index contributed by atoms with van der Waals surface area (Å²) in [5.74, 6) is 0. The van der Waals surface area contributed by atoms with E-state index < -0.39 is 0 Å². The first-order valence-electron chi connectivity index (χ1n) is 6.46. The van der Waals surface area contributed by atoms with E-state index in [1.54, 1.807) is 6.07 Å². The molecule has 0 unspecified atom stereocenters. The molecule has 0 aromatic heterocycles. The minimum atomic E-state index is 0.591. The lowest BCUT2D eigenvalue weighted by Crippen LogP contribution is -2.13. The van der Waals surface area contributed by atoms with Crippen molar-refractivity contribution in [1.29, 1.82) is 0 Å². The summed E-state index contributed by atoms with van der Waals surface area (Å²) in [7, 11) is 0. The van der Waals surface area contributed by atoms with Crippen molar-refractivity contribution < 1.29 is 0 Å². The Morgan fingerprint density at radius 1 is 1.00 bits per heavy atom. The molecule has 0 aliphatic carbocycles. The molecule has 100 valence electrons. The van der Waals surface area contributed by atoms with Crippen molar-refractivity contribution in [2.45, 2.75) is 19.9 Å². The molecule has 0 atom stereocenters. The van der Waals surface area contributed by atoms with Crippen molar-refractivity contribution >= 4 is 23.2 Å². The molecule has 2 rings (SSSR count). The fourth-order valence-corrected chi connectivity index (χ4v) is 2.35. The second-order valence-electron chi connectivity index (χ2n) is 4.48. The molecule has 0 saturated carbocycles. The molecule has 0 bridgehead atoms. The van der Waals surface area contributed by atoms with Crippen LogP contribution in [0.15, 0.2) is 42.5 Å². The average molecular weight is 294 g/mol. The predicted molar refractivity (Wildman–Crippen MR) is 83.9 cm³/mol. The Morgan fingerprint density at radius 2 is 1.74 bits per heavy atom. The zero-order valence-electron chi connectivity index (χ0n) is 10.9. The maximum Gasteiger partial charge on any atom is 0.0670 e. The summed E-state index contributed by atoms with van der Waals surface area (Å²) in [5.41, 5.74) is 3.34. The van der Waals surface area contributed by atoms with Crippen molar-refractivity contribution in [3.63, 3.8) is 0 Å². The van der Waals surface area contributed by atoms with Gasteiger partial charge in [0, 0.05) is 12.1 Å². The van der Waals surface area contributed by atoms with Crippen LogP contribution in [0.2, 0.25) is 10.0 Å². The molecule has 19 heavy (non-hydrogen) atoms. The summed E-state index contributed by atoms with van der Waals surface area (Å²) in [4.78, 5) is 0. The normalized spacial score (nSPS) is 10.7. The van der Waals surface area contributed by atoms with Crippen LogP contribution < -0.4 is 5.32 Å². The smallest absolute Gasteiger partial charge is 0.0670 e. The van der Waals surface area contributed by atoms with Gasteiger partial charge in [-0.2, -0.15) is 0 Å². The summed E-state index contributed by atoms with van der Waals surface area (Å²) in [5, 5.41) is 4.59. The first kappa shape index (κ1) is 14.4. The molecular weight excluding hydrogens is 277 g/mol. The summed E-state index contributed by atoms with van der Waals surface area (Å²) >= 11 is 12.3. The average Bonchev–Trinajstić information content (AvgIpc) is 2.43. The van der Waals surface area contributed by atoms with Crippen molar-refractivity contribution in [2.75, 3.05) is 6.54 Å². The molecule has 1 N–H and O–H groups in total. The molecule has 1 nitrogen and oxygen atoms in total. The van der Waals surface area contributed by atoms with Crippen LogP contribution in [0.3, 0.4) is 0 Å². The highest BCUT2D eigenvalue weighted by atomic mass is 35.5. The van der Waals surface area contributed by atoms with E-state index in [9.17, 15) is 0 Å². The zero-order chi connectivity index (χ0) is 13.7. The predicted octanol–water partition coefficient (Wildman–Crippen LogP) is 5.16. The fourth-order valence-electron chi connectivity index (χ4n) is 1.94. The lowest BCUT2D eigenvalue weighted by molar-refractivity contribution is 0.675. The minimum Gasteiger partial charge on any atom is -0.313 e. The largest absolute Gasteiger partial charge is 0.313 e. The van der Waals surface area contributed by atoms with E-state index in [4.69, 9.17) is 23.2 Å². The van der Waals surface area contributed by atoms with Crippen LogP contribution in [0.1, 0.15) is 18.9 Å². The van der Waals surface area contributed by atoms with E-state index in [1.165, 1.54) is 5.56 Å². The minimum absolute atomic E-state index is 0.591. The highest BCUT2D eigenvalue weighted by molar-refractivity contribution is 6.43.